The molecule has 0 radical (unpaired) electrons. The van der Waals surface area contributed by atoms with E-state index >= 15 is 0 Å². The highest BCUT2D eigenvalue weighted by Gasteiger charge is 2.26. The number of benzene rings is 1. The van der Waals surface area contributed by atoms with E-state index in [0.29, 0.717) is 18.0 Å². The standard InChI is InChI=1S/C19H23N3O3/c1-14-7-10-22-17(11-14)16(12-20-22)19(25)21(9-8-18(23)24)13-15-5-3-2-4-6-15/h2-6,12,14H,7-11,13H2,1H3,(H,23,24). The molecule has 1 aromatic heterocycles. The monoisotopic (exact) mass is 341 g/mol. The summed E-state index contributed by atoms with van der Waals surface area (Å²) in [7, 11) is 0. The van der Waals surface area contributed by atoms with Crippen molar-refractivity contribution in [2.24, 2.45) is 5.92 Å². The van der Waals surface area contributed by atoms with Crippen molar-refractivity contribution < 1.29 is 14.7 Å². The molecule has 25 heavy (non-hydrogen) atoms. The van der Waals surface area contributed by atoms with Crippen LogP contribution in [0.15, 0.2) is 36.5 Å². The number of carboxylic acid groups (broad SMARTS) is 1. The first kappa shape index (κ1) is 17.2. The number of rotatable bonds is 6. The van der Waals surface area contributed by atoms with Gasteiger partial charge in [0, 0.05) is 19.6 Å². The molecule has 1 N–H and O–H groups in total. The Morgan fingerprint density at radius 2 is 2.08 bits per heavy atom. The van der Waals surface area contributed by atoms with Crippen LogP contribution in [-0.2, 0) is 24.3 Å². The van der Waals surface area contributed by atoms with Gasteiger partial charge in [-0.25, -0.2) is 0 Å². The maximum atomic E-state index is 13.1. The van der Waals surface area contributed by atoms with Gasteiger partial charge in [0.25, 0.3) is 5.91 Å². The first-order valence-electron chi connectivity index (χ1n) is 8.64. The van der Waals surface area contributed by atoms with Gasteiger partial charge in [0.1, 0.15) is 0 Å². The molecule has 3 rings (SSSR count). The highest BCUT2D eigenvalue weighted by molar-refractivity contribution is 5.95. The Morgan fingerprint density at radius 3 is 2.80 bits per heavy atom. The van der Waals surface area contributed by atoms with E-state index in [0.717, 1.165) is 30.6 Å². The largest absolute Gasteiger partial charge is 0.481 e. The Bertz CT molecular complexity index is 755. The number of carboxylic acids is 1. The van der Waals surface area contributed by atoms with E-state index in [1.165, 1.54) is 0 Å². The number of hydrogen-bond donors (Lipinski definition) is 1. The lowest BCUT2D eigenvalue weighted by molar-refractivity contribution is -0.137. The van der Waals surface area contributed by atoms with Crippen LogP contribution in [0.3, 0.4) is 0 Å². The second kappa shape index (κ2) is 7.51. The molecule has 0 saturated heterocycles. The lowest BCUT2D eigenvalue weighted by atomic mass is 9.96. The minimum Gasteiger partial charge on any atom is -0.481 e. The number of aliphatic carboxylic acids is 1. The Hall–Kier alpha value is -2.63. The Morgan fingerprint density at radius 1 is 1.32 bits per heavy atom. The summed E-state index contributed by atoms with van der Waals surface area (Å²) in [6, 6.07) is 9.63. The lowest BCUT2D eigenvalue weighted by Crippen LogP contribution is -2.33. The van der Waals surface area contributed by atoms with E-state index in [9.17, 15) is 9.59 Å². The molecule has 1 unspecified atom stereocenters. The minimum atomic E-state index is -0.906. The van der Waals surface area contributed by atoms with Gasteiger partial charge >= 0.3 is 5.97 Å². The average Bonchev–Trinajstić information content (AvgIpc) is 3.01. The molecule has 2 heterocycles. The quantitative estimate of drug-likeness (QED) is 0.876. The molecule has 1 aliphatic heterocycles. The van der Waals surface area contributed by atoms with E-state index in [2.05, 4.69) is 12.0 Å². The van der Waals surface area contributed by atoms with Crippen molar-refractivity contribution in [1.29, 1.82) is 0 Å². The first-order valence-corrected chi connectivity index (χ1v) is 8.64. The molecule has 132 valence electrons. The van der Waals surface area contributed by atoms with Crippen molar-refractivity contribution in [2.75, 3.05) is 6.54 Å². The van der Waals surface area contributed by atoms with Gasteiger partial charge in [0.2, 0.25) is 0 Å². The maximum absolute atomic E-state index is 13.1. The lowest BCUT2D eigenvalue weighted by Gasteiger charge is -2.24. The number of nitrogens with zero attached hydrogens (tertiary/aromatic N) is 3. The molecule has 2 aromatic rings. The number of hydrogen-bond acceptors (Lipinski definition) is 3. The summed E-state index contributed by atoms with van der Waals surface area (Å²) in [6.07, 6.45) is 3.46. The van der Waals surface area contributed by atoms with Crippen LogP contribution in [0.5, 0.6) is 0 Å². The van der Waals surface area contributed by atoms with Crippen molar-refractivity contribution in [3.63, 3.8) is 0 Å². The molecule has 1 atom stereocenters. The van der Waals surface area contributed by atoms with Crippen molar-refractivity contribution in [3.05, 3.63) is 53.3 Å². The number of amides is 1. The molecule has 1 aromatic carbocycles. The normalized spacial score (nSPS) is 16.3. The van der Waals surface area contributed by atoms with Crippen molar-refractivity contribution >= 4 is 11.9 Å². The Labute approximate surface area is 147 Å². The molecule has 0 aliphatic carbocycles. The van der Waals surface area contributed by atoms with Crippen LogP contribution in [0.2, 0.25) is 0 Å². The van der Waals surface area contributed by atoms with E-state index in [1.807, 2.05) is 35.0 Å². The fraction of sp³-hybridized carbons (Fsp3) is 0.421. The first-order chi connectivity index (χ1) is 12.0. The van der Waals surface area contributed by atoms with Gasteiger partial charge in [-0.15, -0.1) is 0 Å². The average molecular weight is 341 g/mol. The molecular formula is C19H23N3O3. The third kappa shape index (κ3) is 4.07. The summed E-state index contributed by atoms with van der Waals surface area (Å²) in [6.45, 7) is 3.59. The van der Waals surface area contributed by atoms with E-state index in [-0.39, 0.29) is 18.9 Å². The summed E-state index contributed by atoms with van der Waals surface area (Å²) in [5.74, 6) is -0.519. The van der Waals surface area contributed by atoms with E-state index in [4.69, 9.17) is 5.11 Å². The van der Waals surface area contributed by atoms with Crippen LogP contribution < -0.4 is 0 Å². The number of fused-ring (bicyclic) bond motifs is 1. The summed E-state index contributed by atoms with van der Waals surface area (Å²) in [5.41, 5.74) is 2.56. The molecular weight excluding hydrogens is 318 g/mol. The SMILES string of the molecule is CC1CCn2ncc(C(=O)N(CCC(=O)O)Cc3ccccc3)c2C1. The summed E-state index contributed by atoms with van der Waals surface area (Å²) in [5, 5.41) is 13.4. The smallest absolute Gasteiger partial charge is 0.305 e. The van der Waals surface area contributed by atoms with Crippen molar-refractivity contribution in [3.8, 4) is 0 Å². The summed E-state index contributed by atoms with van der Waals surface area (Å²) in [4.78, 5) is 25.7. The predicted octanol–water partition coefficient (Wildman–Crippen LogP) is 2.58. The third-order valence-corrected chi connectivity index (χ3v) is 4.65. The zero-order valence-corrected chi connectivity index (χ0v) is 14.4. The van der Waals surface area contributed by atoms with Gasteiger partial charge in [-0.3, -0.25) is 14.3 Å². The van der Waals surface area contributed by atoms with E-state index in [1.54, 1.807) is 11.1 Å². The topological polar surface area (TPSA) is 75.4 Å². The molecule has 1 amide bonds. The van der Waals surface area contributed by atoms with Crippen molar-refractivity contribution in [1.82, 2.24) is 14.7 Å². The Balaban J connectivity index is 1.83. The molecule has 0 saturated carbocycles. The molecule has 6 heteroatoms. The van der Waals surface area contributed by atoms with Gasteiger partial charge in [-0.2, -0.15) is 5.10 Å². The fourth-order valence-corrected chi connectivity index (χ4v) is 3.23. The van der Waals surface area contributed by atoms with Crippen LogP contribution in [0.4, 0.5) is 0 Å². The number of carbonyl (C=O) groups is 2. The second-order valence-corrected chi connectivity index (χ2v) is 6.68. The fourth-order valence-electron chi connectivity index (χ4n) is 3.23. The highest BCUT2D eigenvalue weighted by Crippen LogP contribution is 2.24. The third-order valence-electron chi connectivity index (χ3n) is 4.65. The van der Waals surface area contributed by atoms with Gasteiger partial charge in [-0.05, 0) is 24.3 Å². The summed E-state index contributed by atoms with van der Waals surface area (Å²) >= 11 is 0. The van der Waals surface area contributed by atoms with Crippen molar-refractivity contribution in [2.45, 2.75) is 39.3 Å². The van der Waals surface area contributed by atoms with Gasteiger partial charge in [-0.1, -0.05) is 37.3 Å². The van der Waals surface area contributed by atoms with Gasteiger partial charge < -0.3 is 10.0 Å². The van der Waals surface area contributed by atoms with Gasteiger partial charge in [0.15, 0.2) is 0 Å². The molecule has 0 fully saturated rings. The van der Waals surface area contributed by atoms with Gasteiger partial charge in [0.05, 0.1) is 23.9 Å². The zero-order chi connectivity index (χ0) is 17.8. The van der Waals surface area contributed by atoms with Crippen LogP contribution in [0, 0.1) is 5.92 Å². The minimum absolute atomic E-state index is 0.0710. The predicted molar refractivity (Wildman–Crippen MR) is 93.1 cm³/mol. The molecule has 1 aliphatic rings. The zero-order valence-electron chi connectivity index (χ0n) is 14.4. The second-order valence-electron chi connectivity index (χ2n) is 6.68. The van der Waals surface area contributed by atoms with Crippen LogP contribution in [0.1, 0.15) is 41.4 Å². The van der Waals surface area contributed by atoms with Crippen LogP contribution in [0.25, 0.3) is 0 Å². The number of aryl methyl sites for hydroxylation is 1. The Kier molecular flexibility index (Phi) is 5.16. The number of aromatic nitrogens is 2. The highest BCUT2D eigenvalue weighted by atomic mass is 16.4. The molecule has 0 spiro atoms. The van der Waals surface area contributed by atoms with Crippen LogP contribution >= 0.6 is 0 Å². The molecule has 0 bridgehead atoms. The summed E-state index contributed by atoms with van der Waals surface area (Å²) < 4.78 is 1.91. The molecule has 6 nitrogen and oxygen atoms in total. The maximum Gasteiger partial charge on any atom is 0.305 e. The number of carbonyl (C=O) groups excluding carboxylic acids is 1. The van der Waals surface area contributed by atoms with Crippen LogP contribution in [-0.4, -0.2) is 38.2 Å². The van der Waals surface area contributed by atoms with E-state index < -0.39 is 5.97 Å².